The highest BCUT2D eigenvalue weighted by Gasteiger charge is 2.21. The predicted molar refractivity (Wildman–Crippen MR) is 132 cm³/mol. The number of benzene rings is 2. The van der Waals surface area contributed by atoms with Crippen LogP contribution in [0.4, 0.5) is 0 Å². The van der Waals surface area contributed by atoms with Crippen LogP contribution in [-0.4, -0.2) is 33.6 Å². The summed E-state index contributed by atoms with van der Waals surface area (Å²) in [5.74, 6) is 1.40. The molecule has 1 aliphatic rings. The Morgan fingerprint density at radius 3 is 2.45 bits per heavy atom. The highest BCUT2D eigenvalue weighted by molar-refractivity contribution is 6.31. The Morgan fingerprint density at radius 1 is 1.06 bits per heavy atom. The molecule has 0 saturated carbocycles. The normalized spacial score (nSPS) is 15.2. The van der Waals surface area contributed by atoms with E-state index in [0.717, 1.165) is 53.3 Å². The number of nitrogens with zero attached hydrogens (tertiary/aromatic N) is 2. The van der Waals surface area contributed by atoms with Gasteiger partial charge in [-0.1, -0.05) is 29.8 Å². The lowest BCUT2D eigenvalue weighted by Crippen LogP contribution is -2.38. The van der Waals surface area contributed by atoms with Crippen LogP contribution < -0.4 is 16.0 Å². The third-order valence-electron chi connectivity index (χ3n) is 6.00. The fourth-order valence-corrected chi connectivity index (χ4v) is 4.60. The molecule has 1 aliphatic heterocycles. The van der Waals surface area contributed by atoms with E-state index >= 15 is 0 Å². The van der Waals surface area contributed by atoms with Crippen molar-refractivity contribution in [3.63, 3.8) is 0 Å². The number of aromatic nitrogens is 2. The number of halogens is 1. The summed E-state index contributed by atoms with van der Waals surface area (Å²) in [7, 11) is 0. The zero-order chi connectivity index (χ0) is 23.4. The van der Waals surface area contributed by atoms with Crippen LogP contribution in [0.5, 0.6) is 5.75 Å². The van der Waals surface area contributed by atoms with Gasteiger partial charge in [0.15, 0.2) is 0 Å². The number of piperidine rings is 1. The molecule has 0 spiro atoms. The number of H-pyrrole nitrogens is 1. The highest BCUT2D eigenvalue weighted by atomic mass is 35.5. The van der Waals surface area contributed by atoms with Gasteiger partial charge in [0.2, 0.25) is 0 Å². The Kier molecular flexibility index (Phi) is 7.36. The van der Waals surface area contributed by atoms with E-state index in [0.29, 0.717) is 23.8 Å². The van der Waals surface area contributed by atoms with Crippen LogP contribution in [-0.2, 0) is 13.0 Å². The lowest BCUT2D eigenvalue weighted by molar-refractivity contribution is 0.175. The van der Waals surface area contributed by atoms with E-state index in [4.69, 9.17) is 16.3 Å². The molecule has 1 saturated heterocycles. The maximum Gasteiger partial charge on any atom is 0.333 e. The third kappa shape index (κ3) is 5.95. The smallest absolute Gasteiger partial charge is 0.333 e. The summed E-state index contributed by atoms with van der Waals surface area (Å²) in [6.45, 7) is 6.41. The van der Waals surface area contributed by atoms with Crippen molar-refractivity contribution in [3.8, 4) is 11.4 Å². The summed E-state index contributed by atoms with van der Waals surface area (Å²) in [4.78, 5) is 30.3. The van der Waals surface area contributed by atoms with E-state index in [1.54, 1.807) is 24.3 Å². The topological polar surface area (TPSA) is 67.3 Å². The maximum atomic E-state index is 12.6. The van der Waals surface area contributed by atoms with Gasteiger partial charge < -0.3 is 9.72 Å². The van der Waals surface area contributed by atoms with Crippen molar-refractivity contribution in [1.29, 1.82) is 0 Å². The van der Waals surface area contributed by atoms with Crippen molar-refractivity contribution >= 4 is 11.6 Å². The maximum absolute atomic E-state index is 12.6. The van der Waals surface area contributed by atoms with Crippen LogP contribution in [0.25, 0.3) is 5.69 Å². The molecule has 3 aromatic rings. The van der Waals surface area contributed by atoms with Crippen LogP contribution in [0.2, 0.25) is 5.02 Å². The Balaban J connectivity index is 1.37. The van der Waals surface area contributed by atoms with Gasteiger partial charge in [0, 0.05) is 23.3 Å². The fraction of sp³-hybridized carbons (Fsp3) is 0.385. The van der Waals surface area contributed by atoms with E-state index in [1.165, 1.54) is 6.07 Å². The lowest BCUT2D eigenvalue weighted by atomic mass is 9.90. The van der Waals surface area contributed by atoms with E-state index in [1.807, 2.05) is 32.0 Å². The van der Waals surface area contributed by atoms with Gasteiger partial charge in [-0.25, -0.2) is 9.36 Å². The second-order valence-corrected chi connectivity index (χ2v) is 9.36. The van der Waals surface area contributed by atoms with Crippen LogP contribution in [0, 0.1) is 5.92 Å². The van der Waals surface area contributed by atoms with Crippen LogP contribution in [0.3, 0.4) is 0 Å². The van der Waals surface area contributed by atoms with Crippen molar-refractivity contribution in [3.05, 3.63) is 91.7 Å². The molecule has 0 bridgehead atoms. The molecular formula is C26H30ClN3O3. The Bertz CT molecular complexity index is 1160. The van der Waals surface area contributed by atoms with Crippen molar-refractivity contribution in [2.24, 2.45) is 5.92 Å². The largest absolute Gasteiger partial charge is 0.491 e. The third-order valence-corrected chi connectivity index (χ3v) is 6.37. The molecule has 1 fully saturated rings. The predicted octanol–water partition coefficient (Wildman–Crippen LogP) is 4.42. The molecule has 2 aromatic carbocycles. The number of hydrogen-bond acceptors (Lipinski definition) is 4. The summed E-state index contributed by atoms with van der Waals surface area (Å²) in [6, 6.07) is 16.4. The van der Waals surface area contributed by atoms with Crippen LogP contribution in [0.15, 0.2) is 64.2 Å². The molecule has 0 aliphatic carbocycles. The van der Waals surface area contributed by atoms with Crippen LogP contribution in [0.1, 0.15) is 37.9 Å². The second-order valence-electron chi connectivity index (χ2n) is 8.95. The monoisotopic (exact) mass is 467 g/mol. The number of likely N-dealkylation sites (tertiary alicyclic amines) is 1. The average Bonchev–Trinajstić information content (AvgIpc) is 2.77. The Morgan fingerprint density at radius 2 is 1.79 bits per heavy atom. The minimum Gasteiger partial charge on any atom is -0.491 e. The number of para-hydroxylation sites is 1. The van der Waals surface area contributed by atoms with Crippen molar-refractivity contribution < 1.29 is 4.74 Å². The van der Waals surface area contributed by atoms with Gasteiger partial charge in [0.05, 0.1) is 11.8 Å². The molecule has 6 nitrogen and oxygen atoms in total. The zero-order valence-corrected chi connectivity index (χ0v) is 19.8. The van der Waals surface area contributed by atoms with Gasteiger partial charge in [-0.05, 0) is 88.0 Å². The summed E-state index contributed by atoms with van der Waals surface area (Å²) in [5.41, 5.74) is 1.63. The first-order valence-electron chi connectivity index (χ1n) is 11.5. The first-order valence-corrected chi connectivity index (χ1v) is 11.8. The van der Waals surface area contributed by atoms with Gasteiger partial charge in [0.1, 0.15) is 5.75 Å². The molecule has 0 unspecified atom stereocenters. The molecule has 0 atom stereocenters. The van der Waals surface area contributed by atoms with Crippen LogP contribution >= 0.6 is 11.6 Å². The van der Waals surface area contributed by atoms with Gasteiger partial charge >= 0.3 is 5.69 Å². The second kappa shape index (κ2) is 10.4. The van der Waals surface area contributed by atoms with Gasteiger partial charge in [-0.15, -0.1) is 0 Å². The molecule has 174 valence electrons. The molecular weight excluding hydrogens is 438 g/mol. The fourth-order valence-electron chi connectivity index (χ4n) is 4.40. The molecule has 2 heterocycles. The molecule has 0 amide bonds. The summed E-state index contributed by atoms with van der Waals surface area (Å²) >= 11 is 6.44. The molecule has 0 radical (unpaired) electrons. The van der Waals surface area contributed by atoms with Gasteiger partial charge in [-0.2, -0.15) is 0 Å². The number of rotatable bonds is 7. The van der Waals surface area contributed by atoms with Crippen molar-refractivity contribution in [1.82, 2.24) is 14.5 Å². The number of aromatic amines is 1. The average molecular weight is 468 g/mol. The van der Waals surface area contributed by atoms with E-state index in [9.17, 15) is 9.59 Å². The SMILES string of the molecule is CC(C)Oc1ccc(Cl)c(CC2CCN(Cc3cc(=O)n(-c4ccccc4)c(=O)[nH]3)CC2)c1. The first kappa shape index (κ1) is 23.3. The van der Waals surface area contributed by atoms with Crippen molar-refractivity contribution in [2.75, 3.05) is 13.1 Å². The lowest BCUT2D eigenvalue weighted by Gasteiger charge is -2.32. The minimum absolute atomic E-state index is 0.128. The quantitative estimate of drug-likeness (QED) is 0.558. The molecule has 1 aromatic heterocycles. The summed E-state index contributed by atoms with van der Waals surface area (Å²) < 4.78 is 6.98. The number of ether oxygens (including phenoxy) is 1. The van der Waals surface area contributed by atoms with Gasteiger partial charge in [-0.3, -0.25) is 9.69 Å². The molecule has 1 N–H and O–H groups in total. The van der Waals surface area contributed by atoms with E-state index < -0.39 is 5.69 Å². The number of hydrogen-bond donors (Lipinski definition) is 1. The summed E-state index contributed by atoms with van der Waals surface area (Å²) in [5, 5.41) is 0.782. The number of nitrogens with one attached hydrogen (secondary N) is 1. The zero-order valence-electron chi connectivity index (χ0n) is 19.1. The van der Waals surface area contributed by atoms with Gasteiger partial charge in [0.25, 0.3) is 5.56 Å². The molecule has 7 heteroatoms. The van der Waals surface area contributed by atoms with Crippen molar-refractivity contribution in [2.45, 2.75) is 45.8 Å². The standard InChI is InChI=1S/C26H30ClN3O3/c1-18(2)33-23-8-9-24(27)20(15-23)14-19-10-12-29(13-11-19)17-21-16-25(31)30(26(32)28-21)22-6-4-3-5-7-22/h3-9,15-16,18-19H,10-14,17H2,1-2H3,(H,28,32). The molecule has 33 heavy (non-hydrogen) atoms. The Hall–Kier alpha value is -2.83. The minimum atomic E-state index is -0.406. The van der Waals surface area contributed by atoms with E-state index in [-0.39, 0.29) is 11.7 Å². The summed E-state index contributed by atoms with van der Waals surface area (Å²) in [6.07, 6.45) is 3.13. The first-order chi connectivity index (χ1) is 15.9. The van der Waals surface area contributed by atoms with E-state index in [2.05, 4.69) is 16.0 Å². The highest BCUT2D eigenvalue weighted by Crippen LogP contribution is 2.29. The molecule has 4 rings (SSSR count). The Labute approximate surface area is 198 Å².